The van der Waals surface area contributed by atoms with Gasteiger partial charge in [-0.1, -0.05) is 24.9 Å². The SMILES string of the molecule is CCCC(Cc1nc(C2CCC2)no1)NC. The van der Waals surface area contributed by atoms with Crippen molar-refractivity contribution in [2.24, 2.45) is 0 Å². The molecule has 1 N–H and O–H groups in total. The van der Waals surface area contributed by atoms with Gasteiger partial charge in [0.2, 0.25) is 5.89 Å². The standard InChI is InChI=1S/C12H21N3O/c1-3-5-10(13-2)8-11-14-12(15-16-11)9-6-4-7-9/h9-10,13H,3-8H2,1-2H3. The lowest BCUT2D eigenvalue weighted by Gasteiger charge is -2.21. The van der Waals surface area contributed by atoms with Crippen molar-refractivity contribution >= 4 is 0 Å². The Bertz CT molecular complexity index is 320. The van der Waals surface area contributed by atoms with Gasteiger partial charge in [-0.05, 0) is 26.3 Å². The molecule has 0 bridgehead atoms. The smallest absolute Gasteiger partial charge is 0.228 e. The minimum absolute atomic E-state index is 0.458. The summed E-state index contributed by atoms with van der Waals surface area (Å²) >= 11 is 0. The van der Waals surface area contributed by atoms with Crippen LogP contribution in [0.25, 0.3) is 0 Å². The first-order chi connectivity index (χ1) is 7.83. The number of hydrogen-bond donors (Lipinski definition) is 1. The lowest BCUT2D eigenvalue weighted by molar-refractivity contribution is 0.336. The van der Waals surface area contributed by atoms with E-state index in [1.54, 1.807) is 0 Å². The Kier molecular flexibility index (Phi) is 3.93. The third kappa shape index (κ3) is 2.61. The van der Waals surface area contributed by atoms with Crippen molar-refractivity contribution in [1.29, 1.82) is 0 Å². The molecule has 1 aliphatic rings. The molecule has 0 amide bonds. The van der Waals surface area contributed by atoms with Crippen molar-refractivity contribution in [3.8, 4) is 0 Å². The molecule has 1 aliphatic carbocycles. The van der Waals surface area contributed by atoms with Gasteiger partial charge in [-0.3, -0.25) is 0 Å². The van der Waals surface area contributed by atoms with Gasteiger partial charge in [-0.15, -0.1) is 0 Å². The van der Waals surface area contributed by atoms with E-state index in [2.05, 4.69) is 22.4 Å². The molecule has 0 aromatic carbocycles. The van der Waals surface area contributed by atoms with Crippen molar-refractivity contribution in [2.75, 3.05) is 7.05 Å². The molecule has 0 radical (unpaired) electrons. The van der Waals surface area contributed by atoms with Crippen LogP contribution in [0.5, 0.6) is 0 Å². The third-order valence-corrected chi connectivity index (χ3v) is 3.42. The number of nitrogens with one attached hydrogen (secondary N) is 1. The predicted octanol–water partition coefficient (Wildman–Crippen LogP) is 2.27. The van der Waals surface area contributed by atoms with E-state index in [1.165, 1.54) is 25.7 Å². The van der Waals surface area contributed by atoms with E-state index < -0.39 is 0 Å². The minimum atomic E-state index is 0.458. The lowest BCUT2D eigenvalue weighted by atomic mass is 9.85. The fourth-order valence-electron chi connectivity index (χ4n) is 2.09. The highest BCUT2D eigenvalue weighted by Gasteiger charge is 2.25. The maximum absolute atomic E-state index is 5.30. The summed E-state index contributed by atoms with van der Waals surface area (Å²) in [5.41, 5.74) is 0. The summed E-state index contributed by atoms with van der Waals surface area (Å²) in [7, 11) is 1.99. The van der Waals surface area contributed by atoms with Crippen LogP contribution in [0.3, 0.4) is 0 Å². The van der Waals surface area contributed by atoms with Crippen LogP contribution >= 0.6 is 0 Å². The van der Waals surface area contributed by atoms with Crippen LogP contribution < -0.4 is 5.32 Å². The zero-order valence-corrected chi connectivity index (χ0v) is 10.2. The topological polar surface area (TPSA) is 51.0 Å². The number of aromatic nitrogens is 2. The Labute approximate surface area is 96.8 Å². The lowest BCUT2D eigenvalue weighted by Crippen LogP contribution is -2.27. The number of nitrogens with zero attached hydrogens (tertiary/aromatic N) is 2. The van der Waals surface area contributed by atoms with E-state index in [-0.39, 0.29) is 0 Å². The van der Waals surface area contributed by atoms with Crippen LogP contribution in [0.1, 0.15) is 56.7 Å². The van der Waals surface area contributed by atoms with Crippen LogP contribution in [0.4, 0.5) is 0 Å². The number of rotatable bonds is 6. The summed E-state index contributed by atoms with van der Waals surface area (Å²) in [5, 5.41) is 7.36. The van der Waals surface area contributed by atoms with Crippen molar-refractivity contribution < 1.29 is 4.52 Å². The molecule has 1 fully saturated rings. The molecule has 1 unspecified atom stereocenters. The first-order valence-electron chi connectivity index (χ1n) is 6.33. The van der Waals surface area contributed by atoms with Gasteiger partial charge < -0.3 is 9.84 Å². The highest BCUT2D eigenvalue weighted by molar-refractivity contribution is 5.00. The second kappa shape index (κ2) is 5.43. The first-order valence-corrected chi connectivity index (χ1v) is 6.33. The predicted molar refractivity (Wildman–Crippen MR) is 62.3 cm³/mol. The van der Waals surface area contributed by atoms with Crippen molar-refractivity contribution in [2.45, 2.75) is 57.4 Å². The van der Waals surface area contributed by atoms with E-state index in [1.807, 2.05) is 7.05 Å². The maximum atomic E-state index is 5.30. The third-order valence-electron chi connectivity index (χ3n) is 3.42. The van der Waals surface area contributed by atoms with E-state index in [4.69, 9.17) is 4.52 Å². The Morgan fingerprint density at radius 3 is 2.88 bits per heavy atom. The second-order valence-corrected chi connectivity index (χ2v) is 4.65. The molecule has 4 nitrogen and oxygen atoms in total. The van der Waals surface area contributed by atoms with E-state index in [9.17, 15) is 0 Å². The van der Waals surface area contributed by atoms with Gasteiger partial charge in [0.25, 0.3) is 0 Å². The van der Waals surface area contributed by atoms with Gasteiger partial charge in [0.15, 0.2) is 5.82 Å². The molecule has 1 aromatic heterocycles. The van der Waals surface area contributed by atoms with Crippen LogP contribution in [0.2, 0.25) is 0 Å². The molecule has 4 heteroatoms. The monoisotopic (exact) mass is 223 g/mol. The molecule has 1 aromatic rings. The number of hydrogen-bond acceptors (Lipinski definition) is 4. The van der Waals surface area contributed by atoms with Crippen molar-refractivity contribution in [1.82, 2.24) is 15.5 Å². The molecule has 90 valence electrons. The summed E-state index contributed by atoms with van der Waals surface area (Å²) in [6, 6.07) is 0.458. The van der Waals surface area contributed by atoms with Crippen LogP contribution in [-0.2, 0) is 6.42 Å². The van der Waals surface area contributed by atoms with Crippen molar-refractivity contribution in [3.63, 3.8) is 0 Å². The normalized spacial score (nSPS) is 18.4. The number of likely N-dealkylation sites (N-methyl/N-ethyl adjacent to an activating group) is 1. The maximum Gasteiger partial charge on any atom is 0.228 e. The largest absolute Gasteiger partial charge is 0.339 e. The van der Waals surface area contributed by atoms with E-state index in [0.29, 0.717) is 12.0 Å². The molecule has 16 heavy (non-hydrogen) atoms. The summed E-state index contributed by atoms with van der Waals surface area (Å²) < 4.78 is 5.30. The second-order valence-electron chi connectivity index (χ2n) is 4.65. The highest BCUT2D eigenvalue weighted by Crippen LogP contribution is 2.34. The Morgan fingerprint density at radius 1 is 1.50 bits per heavy atom. The van der Waals surface area contributed by atoms with Gasteiger partial charge in [0.05, 0.1) is 0 Å². The zero-order valence-electron chi connectivity index (χ0n) is 10.2. The van der Waals surface area contributed by atoms with Crippen LogP contribution in [0, 0.1) is 0 Å². The summed E-state index contributed by atoms with van der Waals surface area (Å²) in [6.45, 7) is 2.19. The van der Waals surface area contributed by atoms with Gasteiger partial charge in [-0.2, -0.15) is 4.98 Å². The Hall–Kier alpha value is -0.900. The Balaban J connectivity index is 1.90. The van der Waals surface area contributed by atoms with Crippen LogP contribution in [-0.4, -0.2) is 23.2 Å². The van der Waals surface area contributed by atoms with Gasteiger partial charge >= 0.3 is 0 Å². The molecule has 1 heterocycles. The minimum Gasteiger partial charge on any atom is -0.339 e. The molecule has 0 spiro atoms. The quantitative estimate of drug-likeness (QED) is 0.803. The Morgan fingerprint density at radius 2 is 2.31 bits per heavy atom. The molecule has 0 saturated heterocycles. The fraction of sp³-hybridized carbons (Fsp3) is 0.833. The summed E-state index contributed by atoms with van der Waals surface area (Å²) in [4.78, 5) is 4.48. The molecule has 1 saturated carbocycles. The molecule has 0 aliphatic heterocycles. The fourth-order valence-corrected chi connectivity index (χ4v) is 2.09. The van der Waals surface area contributed by atoms with Gasteiger partial charge in [-0.25, -0.2) is 0 Å². The van der Waals surface area contributed by atoms with E-state index in [0.717, 1.165) is 24.6 Å². The van der Waals surface area contributed by atoms with Crippen molar-refractivity contribution in [3.05, 3.63) is 11.7 Å². The summed E-state index contributed by atoms with van der Waals surface area (Å²) in [6.07, 6.45) is 6.94. The molecular formula is C12H21N3O. The average Bonchev–Trinajstić information content (AvgIpc) is 2.63. The van der Waals surface area contributed by atoms with Gasteiger partial charge in [0, 0.05) is 18.4 Å². The zero-order chi connectivity index (χ0) is 11.4. The molecular weight excluding hydrogens is 202 g/mol. The highest BCUT2D eigenvalue weighted by atomic mass is 16.5. The van der Waals surface area contributed by atoms with Gasteiger partial charge in [0.1, 0.15) is 0 Å². The van der Waals surface area contributed by atoms with E-state index >= 15 is 0 Å². The summed E-state index contributed by atoms with van der Waals surface area (Å²) in [5.74, 6) is 2.28. The first kappa shape index (κ1) is 11.6. The molecule has 2 rings (SSSR count). The molecule has 1 atom stereocenters. The average molecular weight is 223 g/mol. The van der Waals surface area contributed by atoms with Crippen LogP contribution in [0.15, 0.2) is 4.52 Å².